The number of hydrogen-bond acceptors (Lipinski definition) is 4. The SMILES string of the molecule is O=c1[nH]c(-c2cc(Br)c(OCc3cccc4ccccc34)c(Br)c2)nc2sc3c(c12)CCCC3. The summed E-state index contributed by atoms with van der Waals surface area (Å²) >= 11 is 8.98. The van der Waals surface area contributed by atoms with Crippen LogP contribution >= 0.6 is 43.2 Å². The second-order valence-electron chi connectivity index (χ2n) is 8.50. The molecular formula is C27H20Br2N2O2S. The van der Waals surface area contributed by atoms with Crippen LogP contribution in [0.5, 0.6) is 5.75 Å². The topological polar surface area (TPSA) is 55.0 Å². The zero-order valence-electron chi connectivity index (χ0n) is 18.2. The Balaban J connectivity index is 1.33. The van der Waals surface area contributed by atoms with Crippen LogP contribution in [0.15, 0.2) is 68.3 Å². The number of nitrogens with one attached hydrogen (secondary N) is 1. The average Bonchev–Trinajstić information content (AvgIpc) is 3.22. The number of fused-ring (bicyclic) bond motifs is 4. The fourth-order valence-electron chi connectivity index (χ4n) is 4.70. The van der Waals surface area contributed by atoms with Gasteiger partial charge in [0.1, 0.15) is 23.0 Å². The maximum absolute atomic E-state index is 13.0. The molecule has 7 heteroatoms. The smallest absolute Gasteiger partial charge is 0.260 e. The van der Waals surface area contributed by atoms with Crippen molar-refractivity contribution < 1.29 is 4.74 Å². The van der Waals surface area contributed by atoms with Gasteiger partial charge in [-0.15, -0.1) is 11.3 Å². The van der Waals surface area contributed by atoms with Crippen LogP contribution in [0, 0.1) is 0 Å². The largest absolute Gasteiger partial charge is 0.487 e. The van der Waals surface area contributed by atoms with Crippen molar-refractivity contribution in [3.8, 4) is 17.1 Å². The van der Waals surface area contributed by atoms with Gasteiger partial charge in [0.25, 0.3) is 5.56 Å². The Kier molecular flexibility index (Phi) is 5.79. The van der Waals surface area contributed by atoms with E-state index in [2.05, 4.69) is 67.2 Å². The van der Waals surface area contributed by atoms with Gasteiger partial charge in [0.15, 0.2) is 0 Å². The standard InChI is InChI=1S/C27H20Br2N2O2S/c28-20-12-17(25-30-26(32)23-19-10-3-4-11-22(19)34-27(23)31-25)13-21(29)24(20)33-14-16-8-5-7-15-6-1-2-9-18(15)16/h1-2,5-9,12-13H,3-4,10-11,14H2,(H,30,31,32). The minimum Gasteiger partial charge on any atom is -0.487 e. The van der Waals surface area contributed by atoms with E-state index in [0.29, 0.717) is 18.2 Å². The Hall–Kier alpha value is -2.48. The zero-order valence-corrected chi connectivity index (χ0v) is 22.1. The lowest BCUT2D eigenvalue weighted by Crippen LogP contribution is -2.11. The summed E-state index contributed by atoms with van der Waals surface area (Å²) in [4.78, 5) is 23.0. The van der Waals surface area contributed by atoms with E-state index in [0.717, 1.165) is 49.6 Å². The van der Waals surface area contributed by atoms with Crippen molar-refractivity contribution in [1.82, 2.24) is 9.97 Å². The van der Waals surface area contributed by atoms with E-state index >= 15 is 0 Å². The zero-order chi connectivity index (χ0) is 23.2. The molecule has 0 atom stereocenters. The van der Waals surface area contributed by atoms with Crippen molar-refractivity contribution in [3.63, 3.8) is 0 Å². The quantitative estimate of drug-likeness (QED) is 0.231. The van der Waals surface area contributed by atoms with Gasteiger partial charge in [0.2, 0.25) is 0 Å². The van der Waals surface area contributed by atoms with Crippen LogP contribution in [0.3, 0.4) is 0 Å². The summed E-state index contributed by atoms with van der Waals surface area (Å²) in [7, 11) is 0. The third-order valence-corrected chi connectivity index (χ3v) is 8.71. The lowest BCUT2D eigenvalue weighted by atomic mass is 9.97. The number of aromatic amines is 1. The molecule has 170 valence electrons. The summed E-state index contributed by atoms with van der Waals surface area (Å²) in [5.74, 6) is 1.28. The summed E-state index contributed by atoms with van der Waals surface area (Å²) < 4.78 is 7.81. The summed E-state index contributed by atoms with van der Waals surface area (Å²) in [6, 6.07) is 18.4. The molecule has 1 N–H and O–H groups in total. The molecule has 4 nitrogen and oxygen atoms in total. The van der Waals surface area contributed by atoms with Crippen LogP contribution in [0.25, 0.3) is 32.4 Å². The van der Waals surface area contributed by atoms with Crippen molar-refractivity contribution in [2.24, 2.45) is 0 Å². The molecule has 1 aliphatic rings. The predicted octanol–water partition coefficient (Wildman–Crippen LogP) is 7.79. The molecule has 0 amide bonds. The van der Waals surface area contributed by atoms with E-state index in [1.54, 1.807) is 11.3 Å². The maximum atomic E-state index is 13.0. The molecule has 34 heavy (non-hydrogen) atoms. The lowest BCUT2D eigenvalue weighted by Gasteiger charge is -2.13. The number of hydrogen-bond donors (Lipinski definition) is 1. The Labute approximate surface area is 217 Å². The molecule has 2 heterocycles. The highest BCUT2D eigenvalue weighted by atomic mass is 79.9. The molecule has 0 aliphatic heterocycles. The Morgan fingerprint density at radius 1 is 1.00 bits per heavy atom. The van der Waals surface area contributed by atoms with E-state index in [-0.39, 0.29) is 5.56 Å². The lowest BCUT2D eigenvalue weighted by molar-refractivity contribution is 0.304. The average molecular weight is 596 g/mol. The van der Waals surface area contributed by atoms with Crippen LogP contribution in [-0.2, 0) is 19.4 Å². The number of benzene rings is 3. The monoisotopic (exact) mass is 594 g/mol. The van der Waals surface area contributed by atoms with Crippen molar-refractivity contribution in [2.45, 2.75) is 32.3 Å². The first-order chi connectivity index (χ1) is 16.6. The first-order valence-electron chi connectivity index (χ1n) is 11.2. The maximum Gasteiger partial charge on any atom is 0.260 e. The van der Waals surface area contributed by atoms with Crippen molar-refractivity contribution >= 4 is 64.2 Å². The minimum absolute atomic E-state index is 0.0528. The van der Waals surface area contributed by atoms with Gasteiger partial charge in [-0.05, 0) is 91.6 Å². The van der Waals surface area contributed by atoms with E-state index in [1.807, 2.05) is 24.3 Å². The molecule has 6 rings (SSSR count). The number of H-pyrrole nitrogens is 1. The fourth-order valence-corrected chi connectivity index (χ4v) is 7.38. The Bertz CT molecular complexity index is 1590. The van der Waals surface area contributed by atoms with Crippen LogP contribution in [0.4, 0.5) is 0 Å². The molecule has 0 fully saturated rings. The number of nitrogens with zero attached hydrogens (tertiary/aromatic N) is 1. The molecule has 0 spiro atoms. The molecule has 1 aliphatic carbocycles. The van der Waals surface area contributed by atoms with Crippen molar-refractivity contribution in [2.75, 3.05) is 0 Å². The molecule has 2 aromatic heterocycles. The van der Waals surface area contributed by atoms with Crippen LogP contribution in [-0.4, -0.2) is 9.97 Å². The highest BCUT2D eigenvalue weighted by Gasteiger charge is 2.21. The number of thiophene rings is 1. The normalized spacial score (nSPS) is 13.4. The van der Waals surface area contributed by atoms with Gasteiger partial charge in [-0.2, -0.15) is 0 Å². The van der Waals surface area contributed by atoms with Gasteiger partial charge in [0, 0.05) is 10.4 Å². The number of ether oxygens (including phenoxy) is 1. The van der Waals surface area contributed by atoms with Gasteiger partial charge < -0.3 is 9.72 Å². The Morgan fingerprint density at radius 3 is 2.62 bits per heavy atom. The molecule has 5 aromatic rings. The van der Waals surface area contributed by atoms with Gasteiger partial charge in [-0.3, -0.25) is 4.79 Å². The first-order valence-corrected chi connectivity index (χ1v) is 13.6. The van der Waals surface area contributed by atoms with Gasteiger partial charge in [-0.25, -0.2) is 4.98 Å². The molecule has 3 aromatic carbocycles. The van der Waals surface area contributed by atoms with E-state index in [4.69, 9.17) is 9.72 Å². The highest BCUT2D eigenvalue weighted by molar-refractivity contribution is 9.11. The molecule has 0 unspecified atom stereocenters. The highest BCUT2D eigenvalue weighted by Crippen LogP contribution is 2.39. The second kappa shape index (κ2) is 8.95. The van der Waals surface area contributed by atoms with Crippen molar-refractivity contribution in [3.05, 3.63) is 89.9 Å². The summed E-state index contributed by atoms with van der Waals surface area (Å²) in [6.07, 6.45) is 4.34. The van der Waals surface area contributed by atoms with Crippen LogP contribution in [0.2, 0.25) is 0 Å². The number of aromatic nitrogens is 2. The second-order valence-corrected chi connectivity index (χ2v) is 11.3. The molecule has 0 saturated heterocycles. The molecule has 0 bridgehead atoms. The first kappa shape index (κ1) is 22.0. The molecule has 0 saturated carbocycles. The van der Waals surface area contributed by atoms with Gasteiger partial charge in [0.05, 0.1) is 14.3 Å². The molecular weight excluding hydrogens is 576 g/mol. The Morgan fingerprint density at radius 2 is 1.76 bits per heavy atom. The summed E-state index contributed by atoms with van der Waals surface area (Å²) in [6.45, 7) is 0.444. The van der Waals surface area contributed by atoms with E-state index < -0.39 is 0 Å². The van der Waals surface area contributed by atoms with E-state index in [1.165, 1.54) is 27.6 Å². The number of aryl methyl sites for hydroxylation is 2. The number of rotatable bonds is 4. The van der Waals surface area contributed by atoms with Crippen LogP contribution < -0.4 is 10.3 Å². The third-order valence-electron chi connectivity index (χ3n) is 6.35. The number of halogens is 2. The van der Waals surface area contributed by atoms with Crippen LogP contribution in [0.1, 0.15) is 28.8 Å². The fraction of sp³-hybridized carbons (Fsp3) is 0.185. The third kappa shape index (κ3) is 3.89. The van der Waals surface area contributed by atoms with Crippen molar-refractivity contribution in [1.29, 1.82) is 0 Å². The minimum atomic E-state index is -0.0528. The van der Waals surface area contributed by atoms with Gasteiger partial charge >= 0.3 is 0 Å². The van der Waals surface area contributed by atoms with Gasteiger partial charge in [-0.1, -0.05) is 42.5 Å². The molecule has 0 radical (unpaired) electrons. The summed E-state index contributed by atoms with van der Waals surface area (Å²) in [5, 5.41) is 3.15. The summed E-state index contributed by atoms with van der Waals surface area (Å²) in [5.41, 5.74) is 3.09. The van der Waals surface area contributed by atoms with E-state index in [9.17, 15) is 4.79 Å². The predicted molar refractivity (Wildman–Crippen MR) is 146 cm³/mol.